The van der Waals surface area contributed by atoms with Crippen molar-refractivity contribution >= 4 is 21.4 Å². The minimum absolute atomic E-state index is 0.336. The molecule has 2 rings (SSSR count). The van der Waals surface area contributed by atoms with E-state index in [1.54, 1.807) is 17.4 Å². The van der Waals surface area contributed by atoms with Crippen LogP contribution in [-0.2, 0) is 0 Å². The van der Waals surface area contributed by atoms with Crippen molar-refractivity contribution in [3.8, 4) is 5.75 Å². The van der Waals surface area contributed by atoms with Gasteiger partial charge in [0, 0.05) is 15.6 Å². The van der Waals surface area contributed by atoms with Gasteiger partial charge in [-0.1, -0.05) is 0 Å². The fraction of sp³-hybridized carbons (Fsp3) is 0.273. The van der Waals surface area contributed by atoms with Gasteiger partial charge in [-0.2, -0.15) is 0 Å². The molecule has 2 N–H and O–H groups in total. The summed E-state index contributed by atoms with van der Waals surface area (Å²) in [7, 11) is 1.95. The van der Waals surface area contributed by atoms with Crippen molar-refractivity contribution < 1.29 is 5.11 Å². The van der Waals surface area contributed by atoms with E-state index in [-0.39, 0.29) is 0 Å². The van der Waals surface area contributed by atoms with E-state index in [1.165, 1.54) is 10.3 Å². The maximum absolute atomic E-state index is 9.33. The summed E-state index contributed by atoms with van der Waals surface area (Å²) in [5.41, 5.74) is 0. The van der Waals surface area contributed by atoms with Crippen molar-refractivity contribution in [2.24, 2.45) is 0 Å². The molecule has 1 aromatic heterocycles. The summed E-state index contributed by atoms with van der Waals surface area (Å²) in [5, 5.41) is 13.7. The molecule has 0 bridgehead atoms. The van der Waals surface area contributed by atoms with Gasteiger partial charge in [0.15, 0.2) is 0 Å². The third kappa shape index (κ3) is 1.61. The molecule has 3 heteroatoms. The first-order valence-corrected chi connectivity index (χ1v) is 5.42. The van der Waals surface area contributed by atoms with Gasteiger partial charge in [0.25, 0.3) is 0 Å². The van der Waals surface area contributed by atoms with E-state index in [0.717, 1.165) is 4.70 Å². The van der Waals surface area contributed by atoms with Gasteiger partial charge < -0.3 is 10.4 Å². The Balaban J connectivity index is 2.51. The van der Waals surface area contributed by atoms with Crippen LogP contribution < -0.4 is 5.32 Å². The average molecular weight is 207 g/mol. The molecule has 0 saturated heterocycles. The average Bonchev–Trinajstić information content (AvgIpc) is 2.59. The number of rotatable bonds is 2. The lowest BCUT2D eigenvalue weighted by molar-refractivity contribution is 0.476. The molecule has 0 aliphatic rings. The number of phenolic OH excluding ortho intramolecular Hbond substituents is 1. The Morgan fingerprint density at radius 1 is 1.36 bits per heavy atom. The normalized spacial score (nSPS) is 13.3. The number of benzene rings is 1. The zero-order chi connectivity index (χ0) is 10.1. The first-order chi connectivity index (χ1) is 6.70. The van der Waals surface area contributed by atoms with Crippen molar-refractivity contribution in [1.29, 1.82) is 0 Å². The molecular weight excluding hydrogens is 194 g/mol. The summed E-state index contributed by atoms with van der Waals surface area (Å²) < 4.78 is 1.14. The Labute approximate surface area is 87.2 Å². The highest BCUT2D eigenvalue weighted by atomic mass is 32.1. The maximum Gasteiger partial charge on any atom is 0.117 e. The molecule has 2 aromatic rings. The van der Waals surface area contributed by atoms with Crippen LogP contribution in [0.5, 0.6) is 5.75 Å². The highest BCUT2D eigenvalue weighted by Crippen LogP contribution is 2.31. The number of phenols is 1. The van der Waals surface area contributed by atoms with Crippen LogP contribution >= 0.6 is 11.3 Å². The molecule has 0 spiro atoms. The molecule has 0 saturated carbocycles. The van der Waals surface area contributed by atoms with Crippen molar-refractivity contribution in [2.75, 3.05) is 7.05 Å². The molecule has 0 fully saturated rings. The standard InChI is InChI=1S/C11H13NOS/c1-7(12-2)10-5-8-3-4-9(13)6-11(8)14-10/h3-7,12-13H,1-2H3. The molecule has 1 aromatic carbocycles. The number of hydrogen-bond acceptors (Lipinski definition) is 3. The zero-order valence-electron chi connectivity index (χ0n) is 8.24. The Kier molecular flexibility index (Phi) is 2.44. The fourth-order valence-corrected chi connectivity index (χ4v) is 2.55. The second-order valence-electron chi connectivity index (χ2n) is 3.38. The second-order valence-corrected chi connectivity index (χ2v) is 4.50. The van der Waals surface area contributed by atoms with E-state index in [1.807, 2.05) is 19.2 Å². The minimum atomic E-state index is 0.336. The van der Waals surface area contributed by atoms with E-state index in [2.05, 4.69) is 18.3 Å². The van der Waals surface area contributed by atoms with E-state index < -0.39 is 0 Å². The van der Waals surface area contributed by atoms with Crippen LogP contribution in [0, 0.1) is 0 Å². The first kappa shape index (κ1) is 9.49. The first-order valence-electron chi connectivity index (χ1n) is 4.60. The topological polar surface area (TPSA) is 32.3 Å². The number of fused-ring (bicyclic) bond motifs is 1. The molecule has 0 aliphatic carbocycles. The quantitative estimate of drug-likeness (QED) is 0.793. The monoisotopic (exact) mass is 207 g/mol. The summed E-state index contributed by atoms with van der Waals surface area (Å²) in [6.07, 6.45) is 0. The number of hydrogen-bond donors (Lipinski definition) is 2. The largest absolute Gasteiger partial charge is 0.508 e. The van der Waals surface area contributed by atoms with Crippen LogP contribution in [0.25, 0.3) is 10.1 Å². The van der Waals surface area contributed by atoms with Gasteiger partial charge in [-0.15, -0.1) is 11.3 Å². The summed E-state index contributed by atoms with van der Waals surface area (Å²) in [6, 6.07) is 8.03. The SMILES string of the molecule is CNC(C)c1cc2ccc(O)cc2s1. The Morgan fingerprint density at radius 3 is 2.86 bits per heavy atom. The van der Waals surface area contributed by atoms with Crippen LogP contribution in [0.2, 0.25) is 0 Å². The fourth-order valence-electron chi connectivity index (χ4n) is 1.40. The third-order valence-electron chi connectivity index (χ3n) is 2.38. The van der Waals surface area contributed by atoms with Gasteiger partial charge in [-0.25, -0.2) is 0 Å². The van der Waals surface area contributed by atoms with E-state index in [9.17, 15) is 5.11 Å². The molecular formula is C11H13NOS. The van der Waals surface area contributed by atoms with Gasteiger partial charge in [0.2, 0.25) is 0 Å². The highest BCUT2D eigenvalue weighted by Gasteiger charge is 2.07. The molecule has 0 amide bonds. The van der Waals surface area contributed by atoms with Crippen LogP contribution in [0.1, 0.15) is 17.8 Å². The summed E-state index contributed by atoms with van der Waals surface area (Å²) in [5.74, 6) is 0.336. The second kappa shape index (κ2) is 3.59. The third-order valence-corrected chi connectivity index (χ3v) is 3.66. The molecule has 0 radical (unpaired) electrons. The van der Waals surface area contributed by atoms with Crippen molar-refractivity contribution in [1.82, 2.24) is 5.32 Å². The van der Waals surface area contributed by atoms with Crippen molar-refractivity contribution in [3.63, 3.8) is 0 Å². The van der Waals surface area contributed by atoms with Crippen LogP contribution in [0.3, 0.4) is 0 Å². The van der Waals surface area contributed by atoms with Gasteiger partial charge in [0.1, 0.15) is 5.75 Å². The van der Waals surface area contributed by atoms with Crippen LogP contribution in [0.15, 0.2) is 24.3 Å². The van der Waals surface area contributed by atoms with Gasteiger partial charge >= 0.3 is 0 Å². The number of aromatic hydroxyl groups is 1. The van der Waals surface area contributed by atoms with Gasteiger partial charge in [-0.05, 0) is 43.6 Å². The smallest absolute Gasteiger partial charge is 0.117 e. The number of thiophene rings is 1. The van der Waals surface area contributed by atoms with E-state index in [4.69, 9.17) is 0 Å². The van der Waals surface area contributed by atoms with E-state index in [0.29, 0.717) is 11.8 Å². The summed E-state index contributed by atoms with van der Waals surface area (Å²) in [6.45, 7) is 2.13. The molecule has 0 aliphatic heterocycles. The van der Waals surface area contributed by atoms with E-state index >= 15 is 0 Å². The molecule has 1 heterocycles. The molecule has 74 valence electrons. The van der Waals surface area contributed by atoms with Gasteiger partial charge in [-0.3, -0.25) is 0 Å². The minimum Gasteiger partial charge on any atom is -0.508 e. The predicted octanol–water partition coefficient (Wildman–Crippen LogP) is 2.89. The van der Waals surface area contributed by atoms with Crippen LogP contribution in [0.4, 0.5) is 0 Å². The Hall–Kier alpha value is -1.06. The maximum atomic E-state index is 9.33. The Bertz CT molecular complexity index is 449. The van der Waals surface area contributed by atoms with Crippen LogP contribution in [-0.4, -0.2) is 12.2 Å². The lowest BCUT2D eigenvalue weighted by atomic mass is 10.2. The number of nitrogens with one attached hydrogen (secondary N) is 1. The molecule has 1 atom stereocenters. The Morgan fingerprint density at radius 2 is 2.14 bits per heavy atom. The highest BCUT2D eigenvalue weighted by molar-refractivity contribution is 7.19. The van der Waals surface area contributed by atoms with Crippen molar-refractivity contribution in [2.45, 2.75) is 13.0 Å². The summed E-state index contributed by atoms with van der Waals surface area (Å²) >= 11 is 1.72. The zero-order valence-corrected chi connectivity index (χ0v) is 9.06. The lowest BCUT2D eigenvalue weighted by Crippen LogP contribution is -2.10. The van der Waals surface area contributed by atoms with Gasteiger partial charge in [0.05, 0.1) is 0 Å². The predicted molar refractivity (Wildman–Crippen MR) is 61.0 cm³/mol. The van der Waals surface area contributed by atoms with Crippen molar-refractivity contribution in [3.05, 3.63) is 29.1 Å². The molecule has 1 unspecified atom stereocenters. The summed E-state index contributed by atoms with van der Waals surface area (Å²) in [4.78, 5) is 1.30. The molecule has 2 nitrogen and oxygen atoms in total. The lowest BCUT2D eigenvalue weighted by Gasteiger charge is -2.05. The molecule has 14 heavy (non-hydrogen) atoms.